The highest BCUT2D eigenvalue weighted by Gasteiger charge is 2.29. The molecule has 0 aliphatic carbocycles. The zero-order valence-electron chi connectivity index (χ0n) is 22.6. The second kappa shape index (κ2) is 15.0. The van der Waals surface area contributed by atoms with E-state index in [2.05, 4.69) is 25.9 Å². The molecular formula is C28H37N9O4. The average Bonchev–Trinajstić information content (AvgIpc) is 3.36. The summed E-state index contributed by atoms with van der Waals surface area (Å²) in [5, 5.41) is 8.82. The van der Waals surface area contributed by atoms with Crippen molar-refractivity contribution in [3.8, 4) is 0 Å². The van der Waals surface area contributed by atoms with Crippen LogP contribution in [0.15, 0.2) is 65.8 Å². The quantitative estimate of drug-likeness (QED) is 0.0645. The Balaban J connectivity index is 1.79. The molecule has 3 rings (SSSR count). The number of benzene rings is 2. The highest BCUT2D eigenvalue weighted by Crippen LogP contribution is 2.19. The van der Waals surface area contributed by atoms with Crippen molar-refractivity contribution in [2.45, 2.75) is 43.8 Å². The van der Waals surface area contributed by atoms with Crippen LogP contribution in [-0.4, -0.2) is 65.8 Å². The SMILES string of the molecule is NC(=O)CNC(=O)[C@H](Cc1c[nH]c2ccccc12)NC(=O)[C@H](Cc1ccccc1)NC(=O)[C@@H](N)CCCN=C(N)N. The molecule has 2 aromatic carbocycles. The molecule has 1 heterocycles. The maximum Gasteiger partial charge on any atom is 0.243 e. The molecule has 0 unspecified atom stereocenters. The Kier molecular flexibility index (Phi) is 11.2. The van der Waals surface area contributed by atoms with Crippen molar-refractivity contribution < 1.29 is 19.2 Å². The largest absolute Gasteiger partial charge is 0.370 e. The maximum atomic E-state index is 13.6. The third kappa shape index (κ3) is 9.65. The number of aromatic amines is 1. The number of carbonyl (C=O) groups excluding carboxylic acids is 4. The minimum Gasteiger partial charge on any atom is -0.370 e. The first-order valence-electron chi connectivity index (χ1n) is 13.2. The summed E-state index contributed by atoms with van der Waals surface area (Å²) in [5.41, 5.74) is 24.4. The summed E-state index contributed by atoms with van der Waals surface area (Å²) in [5.74, 6) is -2.49. The van der Waals surface area contributed by atoms with E-state index in [1.807, 2.05) is 54.6 Å². The fraction of sp³-hybridized carbons (Fsp3) is 0.321. The lowest BCUT2D eigenvalue weighted by molar-refractivity contribution is -0.132. The minimum absolute atomic E-state index is 0.0512. The predicted molar refractivity (Wildman–Crippen MR) is 156 cm³/mol. The lowest BCUT2D eigenvalue weighted by Gasteiger charge is -2.24. The Hall–Kier alpha value is -4.91. The summed E-state index contributed by atoms with van der Waals surface area (Å²) in [6.45, 7) is -0.0782. The first kappa shape index (κ1) is 30.6. The van der Waals surface area contributed by atoms with Crippen LogP contribution in [-0.2, 0) is 32.0 Å². The van der Waals surface area contributed by atoms with Gasteiger partial charge in [-0.15, -0.1) is 0 Å². The number of carbonyl (C=O) groups is 4. The van der Waals surface area contributed by atoms with Crippen molar-refractivity contribution in [3.63, 3.8) is 0 Å². The van der Waals surface area contributed by atoms with Crippen LogP contribution in [0, 0.1) is 0 Å². The van der Waals surface area contributed by atoms with E-state index < -0.39 is 48.3 Å². The Labute approximate surface area is 237 Å². The van der Waals surface area contributed by atoms with E-state index >= 15 is 0 Å². The second-order valence-electron chi connectivity index (χ2n) is 9.62. The van der Waals surface area contributed by atoms with E-state index in [1.165, 1.54) is 0 Å². The molecule has 0 aliphatic heterocycles. The smallest absolute Gasteiger partial charge is 0.243 e. The van der Waals surface area contributed by atoms with E-state index in [0.717, 1.165) is 22.0 Å². The van der Waals surface area contributed by atoms with E-state index in [0.29, 0.717) is 19.4 Å². The molecule has 0 aliphatic rings. The zero-order chi connectivity index (χ0) is 29.8. The van der Waals surface area contributed by atoms with Gasteiger partial charge in [0.05, 0.1) is 12.6 Å². The molecule has 218 valence electrons. The number of aromatic nitrogens is 1. The molecule has 3 atom stereocenters. The monoisotopic (exact) mass is 563 g/mol. The molecule has 0 radical (unpaired) electrons. The number of fused-ring (bicyclic) bond motifs is 1. The second-order valence-corrected chi connectivity index (χ2v) is 9.62. The maximum absolute atomic E-state index is 13.6. The van der Waals surface area contributed by atoms with Crippen molar-refractivity contribution in [2.75, 3.05) is 13.1 Å². The molecule has 13 heteroatoms. The molecule has 4 amide bonds. The first-order chi connectivity index (χ1) is 19.6. The number of hydrogen-bond acceptors (Lipinski definition) is 6. The van der Waals surface area contributed by atoms with Crippen LogP contribution in [0.5, 0.6) is 0 Å². The van der Waals surface area contributed by atoms with Gasteiger partial charge >= 0.3 is 0 Å². The highest BCUT2D eigenvalue weighted by atomic mass is 16.2. The number of hydrogen-bond donors (Lipinski definition) is 8. The standard InChI is InChI=1S/C28H37N9O4/c29-20(10-6-12-33-28(31)32)25(39)36-22(13-17-7-2-1-3-8-17)27(41)37-23(26(40)35-16-24(30)38)14-18-15-34-21-11-5-4-9-19(18)21/h1-5,7-9,11,15,20,22-23,34H,6,10,12-14,16,29H2,(H2,30,38)(H,35,40)(H,36,39)(H,37,41)(H4,31,32,33)/t20-,22-,23-/m0/s1. The molecule has 0 bridgehead atoms. The van der Waals surface area contributed by atoms with Gasteiger partial charge in [-0.05, 0) is 30.0 Å². The molecule has 0 spiro atoms. The molecule has 0 fully saturated rings. The summed E-state index contributed by atoms with van der Waals surface area (Å²) < 4.78 is 0. The lowest BCUT2D eigenvalue weighted by atomic mass is 10.0. The number of H-pyrrole nitrogens is 1. The average molecular weight is 564 g/mol. The predicted octanol–water partition coefficient (Wildman–Crippen LogP) is -1.09. The van der Waals surface area contributed by atoms with Crippen molar-refractivity contribution in [1.29, 1.82) is 0 Å². The van der Waals surface area contributed by atoms with E-state index in [-0.39, 0.29) is 18.8 Å². The van der Waals surface area contributed by atoms with Crippen molar-refractivity contribution in [2.24, 2.45) is 27.9 Å². The van der Waals surface area contributed by atoms with E-state index in [4.69, 9.17) is 22.9 Å². The third-order valence-corrected chi connectivity index (χ3v) is 6.39. The lowest BCUT2D eigenvalue weighted by Crippen LogP contribution is -2.57. The van der Waals surface area contributed by atoms with Crippen LogP contribution in [0.4, 0.5) is 0 Å². The molecular weight excluding hydrogens is 526 g/mol. The third-order valence-electron chi connectivity index (χ3n) is 6.39. The number of para-hydroxylation sites is 1. The van der Waals surface area contributed by atoms with Crippen LogP contribution in [0.2, 0.25) is 0 Å². The fourth-order valence-electron chi connectivity index (χ4n) is 4.29. The molecule has 0 saturated heterocycles. The summed E-state index contributed by atoms with van der Waals surface area (Å²) in [7, 11) is 0. The van der Waals surface area contributed by atoms with Gasteiger partial charge in [0.25, 0.3) is 0 Å². The van der Waals surface area contributed by atoms with Gasteiger partial charge in [0.2, 0.25) is 23.6 Å². The normalized spacial score (nSPS) is 13.0. The van der Waals surface area contributed by atoms with Crippen molar-refractivity contribution in [1.82, 2.24) is 20.9 Å². The highest BCUT2D eigenvalue weighted by molar-refractivity contribution is 5.94. The fourth-order valence-corrected chi connectivity index (χ4v) is 4.29. The molecule has 12 N–H and O–H groups in total. The van der Waals surface area contributed by atoms with Crippen LogP contribution < -0.4 is 38.9 Å². The summed E-state index contributed by atoms with van der Waals surface area (Å²) in [4.78, 5) is 57.9. The van der Waals surface area contributed by atoms with Crippen molar-refractivity contribution in [3.05, 3.63) is 71.9 Å². The van der Waals surface area contributed by atoms with Gasteiger partial charge < -0.3 is 43.9 Å². The van der Waals surface area contributed by atoms with E-state index in [1.54, 1.807) is 6.20 Å². The zero-order valence-corrected chi connectivity index (χ0v) is 22.6. The molecule has 41 heavy (non-hydrogen) atoms. The van der Waals surface area contributed by atoms with Gasteiger partial charge in [-0.3, -0.25) is 24.2 Å². The Morgan fingerprint density at radius 1 is 0.829 bits per heavy atom. The number of primary amides is 1. The first-order valence-corrected chi connectivity index (χ1v) is 13.2. The van der Waals surface area contributed by atoms with Crippen LogP contribution in [0.25, 0.3) is 10.9 Å². The van der Waals surface area contributed by atoms with Gasteiger partial charge in [-0.1, -0.05) is 48.5 Å². The van der Waals surface area contributed by atoms with Crippen LogP contribution >= 0.6 is 0 Å². The van der Waals surface area contributed by atoms with Gasteiger partial charge in [-0.25, -0.2) is 0 Å². The number of nitrogens with zero attached hydrogens (tertiary/aromatic N) is 1. The van der Waals surface area contributed by atoms with Gasteiger partial charge in [0, 0.05) is 36.5 Å². The van der Waals surface area contributed by atoms with Crippen LogP contribution in [0.3, 0.4) is 0 Å². The van der Waals surface area contributed by atoms with Gasteiger partial charge in [-0.2, -0.15) is 0 Å². The van der Waals surface area contributed by atoms with Gasteiger partial charge in [0.1, 0.15) is 12.1 Å². The topological polar surface area (TPSA) is 237 Å². The number of rotatable bonds is 15. The molecule has 0 saturated carbocycles. The Morgan fingerprint density at radius 2 is 1.49 bits per heavy atom. The van der Waals surface area contributed by atoms with Gasteiger partial charge in [0.15, 0.2) is 5.96 Å². The summed E-state index contributed by atoms with van der Waals surface area (Å²) in [6.07, 6.45) is 2.80. The van der Waals surface area contributed by atoms with Crippen LogP contribution in [0.1, 0.15) is 24.0 Å². The summed E-state index contributed by atoms with van der Waals surface area (Å²) in [6, 6.07) is 13.6. The van der Waals surface area contributed by atoms with E-state index in [9.17, 15) is 19.2 Å². The number of amides is 4. The number of nitrogens with two attached hydrogens (primary N) is 4. The minimum atomic E-state index is -1.07. The molecule has 3 aromatic rings. The number of aliphatic imine (C=N–C) groups is 1. The number of nitrogens with one attached hydrogen (secondary N) is 4. The Morgan fingerprint density at radius 3 is 2.20 bits per heavy atom. The number of guanidine groups is 1. The summed E-state index contributed by atoms with van der Waals surface area (Å²) >= 11 is 0. The molecule has 13 nitrogen and oxygen atoms in total. The Bertz CT molecular complexity index is 1370. The van der Waals surface area contributed by atoms with Crippen molar-refractivity contribution >= 4 is 40.5 Å². The molecule has 1 aromatic heterocycles.